The molecular weight excluding hydrogens is 206 g/mol. The molecule has 0 aromatic heterocycles. The predicted octanol–water partition coefficient (Wildman–Crippen LogP) is 4.65. The molecule has 0 atom stereocenters. The minimum absolute atomic E-state index is 0.721. The SMILES string of the molecule is CCCCCCCCCc1ccc[c]c1C#N. The van der Waals surface area contributed by atoms with Gasteiger partial charge in [0.25, 0.3) is 0 Å². The Bertz CT molecular complexity index is 349. The van der Waals surface area contributed by atoms with Gasteiger partial charge in [0.05, 0.1) is 5.56 Å². The Morgan fingerprint density at radius 3 is 2.53 bits per heavy atom. The van der Waals surface area contributed by atoms with Crippen LogP contribution in [0.5, 0.6) is 0 Å². The number of unbranched alkanes of at least 4 members (excludes halogenated alkanes) is 6. The van der Waals surface area contributed by atoms with Gasteiger partial charge in [0.1, 0.15) is 6.07 Å². The number of hydrogen-bond acceptors (Lipinski definition) is 1. The number of aryl methyl sites for hydroxylation is 1. The van der Waals surface area contributed by atoms with Crippen molar-refractivity contribution in [3.63, 3.8) is 0 Å². The molecule has 0 fully saturated rings. The van der Waals surface area contributed by atoms with E-state index in [0.29, 0.717) is 0 Å². The zero-order valence-electron chi connectivity index (χ0n) is 10.8. The molecule has 0 aliphatic carbocycles. The third kappa shape index (κ3) is 5.54. The molecular formula is C16H22N. The summed E-state index contributed by atoms with van der Waals surface area (Å²) in [5.74, 6) is 0. The van der Waals surface area contributed by atoms with Crippen molar-refractivity contribution in [1.82, 2.24) is 0 Å². The molecule has 1 rings (SSSR count). The monoisotopic (exact) mass is 228 g/mol. The number of rotatable bonds is 8. The smallest absolute Gasteiger partial charge is 0.100 e. The van der Waals surface area contributed by atoms with Crippen LogP contribution in [0.3, 0.4) is 0 Å². The van der Waals surface area contributed by atoms with Crippen LogP contribution >= 0.6 is 0 Å². The van der Waals surface area contributed by atoms with Gasteiger partial charge >= 0.3 is 0 Å². The van der Waals surface area contributed by atoms with E-state index in [-0.39, 0.29) is 0 Å². The van der Waals surface area contributed by atoms with Crippen LogP contribution in [0, 0.1) is 17.4 Å². The fourth-order valence-electron chi connectivity index (χ4n) is 2.06. The van der Waals surface area contributed by atoms with Gasteiger partial charge in [0, 0.05) is 6.07 Å². The van der Waals surface area contributed by atoms with Crippen molar-refractivity contribution >= 4 is 0 Å². The van der Waals surface area contributed by atoms with E-state index in [2.05, 4.69) is 19.1 Å². The molecule has 1 nitrogen and oxygen atoms in total. The molecule has 0 aliphatic rings. The van der Waals surface area contributed by atoms with Gasteiger partial charge in [-0.1, -0.05) is 63.6 Å². The summed E-state index contributed by atoms with van der Waals surface area (Å²) >= 11 is 0. The molecule has 0 aliphatic heterocycles. The number of benzene rings is 1. The molecule has 0 bridgehead atoms. The van der Waals surface area contributed by atoms with Gasteiger partial charge in [-0.3, -0.25) is 0 Å². The topological polar surface area (TPSA) is 23.8 Å². The van der Waals surface area contributed by atoms with Crippen LogP contribution in [0.25, 0.3) is 0 Å². The fourth-order valence-corrected chi connectivity index (χ4v) is 2.06. The van der Waals surface area contributed by atoms with Gasteiger partial charge in [-0.05, 0) is 18.4 Å². The Balaban J connectivity index is 2.16. The normalized spacial score (nSPS) is 10.1. The largest absolute Gasteiger partial charge is 0.192 e. The molecule has 1 aromatic rings. The average molecular weight is 228 g/mol. The first-order chi connectivity index (χ1) is 8.38. The zero-order valence-corrected chi connectivity index (χ0v) is 10.8. The molecule has 91 valence electrons. The lowest BCUT2D eigenvalue weighted by atomic mass is 10.0. The third-order valence-electron chi connectivity index (χ3n) is 3.10. The number of nitriles is 1. The lowest BCUT2D eigenvalue weighted by molar-refractivity contribution is 0.589. The first kappa shape index (κ1) is 13.8. The Labute approximate surface area is 105 Å². The van der Waals surface area contributed by atoms with Gasteiger partial charge < -0.3 is 0 Å². The predicted molar refractivity (Wildman–Crippen MR) is 71.7 cm³/mol. The lowest BCUT2D eigenvalue weighted by Crippen LogP contribution is -1.90. The van der Waals surface area contributed by atoms with Crippen LogP contribution < -0.4 is 0 Å². The van der Waals surface area contributed by atoms with Crippen LogP contribution in [0.2, 0.25) is 0 Å². The zero-order chi connectivity index (χ0) is 12.3. The summed E-state index contributed by atoms with van der Waals surface area (Å²) in [5.41, 5.74) is 1.88. The van der Waals surface area contributed by atoms with Crippen molar-refractivity contribution in [3.05, 3.63) is 35.4 Å². The molecule has 0 N–H and O–H groups in total. The summed E-state index contributed by atoms with van der Waals surface area (Å²) in [6.07, 6.45) is 10.2. The molecule has 17 heavy (non-hydrogen) atoms. The van der Waals surface area contributed by atoms with Gasteiger partial charge in [-0.2, -0.15) is 5.26 Å². The second-order valence-electron chi connectivity index (χ2n) is 4.55. The summed E-state index contributed by atoms with van der Waals surface area (Å²) in [5, 5.41) is 8.94. The summed E-state index contributed by atoms with van der Waals surface area (Å²) in [7, 11) is 0. The quantitative estimate of drug-likeness (QED) is 0.594. The maximum absolute atomic E-state index is 8.94. The molecule has 1 heteroatoms. The van der Waals surface area contributed by atoms with E-state index >= 15 is 0 Å². The molecule has 0 amide bonds. The van der Waals surface area contributed by atoms with Crippen molar-refractivity contribution in [1.29, 1.82) is 5.26 Å². The van der Waals surface area contributed by atoms with Crippen molar-refractivity contribution in [2.24, 2.45) is 0 Å². The Morgan fingerprint density at radius 2 is 1.82 bits per heavy atom. The highest BCUT2D eigenvalue weighted by atomic mass is 14.2. The molecule has 0 spiro atoms. The number of hydrogen-bond donors (Lipinski definition) is 0. The molecule has 0 saturated heterocycles. The minimum atomic E-state index is 0.721. The molecule has 1 radical (unpaired) electrons. The Morgan fingerprint density at radius 1 is 1.12 bits per heavy atom. The van der Waals surface area contributed by atoms with Crippen LogP contribution in [0.4, 0.5) is 0 Å². The van der Waals surface area contributed by atoms with Crippen LogP contribution in [-0.4, -0.2) is 0 Å². The lowest BCUT2D eigenvalue weighted by Gasteiger charge is -2.03. The third-order valence-corrected chi connectivity index (χ3v) is 3.10. The molecule has 0 unspecified atom stereocenters. The van der Waals surface area contributed by atoms with Gasteiger partial charge in [0.15, 0.2) is 0 Å². The second-order valence-corrected chi connectivity index (χ2v) is 4.55. The minimum Gasteiger partial charge on any atom is -0.192 e. The van der Waals surface area contributed by atoms with Gasteiger partial charge in [-0.25, -0.2) is 0 Å². The highest BCUT2D eigenvalue weighted by Crippen LogP contribution is 2.13. The first-order valence-electron chi connectivity index (χ1n) is 6.78. The molecule has 1 aromatic carbocycles. The standard InChI is InChI=1S/C16H22N/c1-2-3-4-5-6-7-8-11-15-12-9-10-13-16(15)14-17/h9-10,12H,2-8,11H2,1H3. The summed E-state index contributed by atoms with van der Waals surface area (Å²) in [6, 6.07) is 11.0. The Hall–Kier alpha value is -1.29. The first-order valence-corrected chi connectivity index (χ1v) is 6.78. The second kappa shape index (κ2) is 8.82. The van der Waals surface area contributed by atoms with Crippen molar-refractivity contribution in [2.75, 3.05) is 0 Å². The van der Waals surface area contributed by atoms with Crippen LogP contribution in [0.15, 0.2) is 18.2 Å². The maximum atomic E-state index is 8.94. The molecule has 0 saturated carbocycles. The summed E-state index contributed by atoms with van der Waals surface area (Å²) < 4.78 is 0. The van der Waals surface area contributed by atoms with E-state index in [1.54, 1.807) is 0 Å². The van der Waals surface area contributed by atoms with E-state index in [1.165, 1.54) is 44.9 Å². The number of nitrogens with zero attached hydrogens (tertiary/aromatic N) is 1. The van der Waals surface area contributed by atoms with Crippen LogP contribution in [0.1, 0.15) is 63.0 Å². The van der Waals surface area contributed by atoms with E-state index < -0.39 is 0 Å². The van der Waals surface area contributed by atoms with E-state index in [0.717, 1.165) is 17.5 Å². The fraction of sp³-hybridized carbons (Fsp3) is 0.562. The summed E-state index contributed by atoms with van der Waals surface area (Å²) in [6.45, 7) is 2.25. The summed E-state index contributed by atoms with van der Waals surface area (Å²) in [4.78, 5) is 0. The average Bonchev–Trinajstić information content (AvgIpc) is 2.38. The van der Waals surface area contributed by atoms with E-state index in [4.69, 9.17) is 5.26 Å². The maximum Gasteiger partial charge on any atom is 0.100 e. The van der Waals surface area contributed by atoms with Gasteiger partial charge in [-0.15, -0.1) is 0 Å². The highest BCUT2D eigenvalue weighted by Gasteiger charge is 2.00. The molecule has 0 heterocycles. The highest BCUT2D eigenvalue weighted by molar-refractivity contribution is 5.36. The van der Waals surface area contributed by atoms with Crippen molar-refractivity contribution < 1.29 is 0 Å². The Kier molecular flexibility index (Phi) is 7.14. The van der Waals surface area contributed by atoms with Crippen molar-refractivity contribution in [3.8, 4) is 6.07 Å². The van der Waals surface area contributed by atoms with E-state index in [1.807, 2.05) is 18.2 Å². The van der Waals surface area contributed by atoms with E-state index in [9.17, 15) is 0 Å². The van der Waals surface area contributed by atoms with Gasteiger partial charge in [0.2, 0.25) is 0 Å². The van der Waals surface area contributed by atoms with Crippen LogP contribution in [-0.2, 0) is 6.42 Å². The van der Waals surface area contributed by atoms with Crippen molar-refractivity contribution in [2.45, 2.75) is 58.3 Å².